The predicted molar refractivity (Wildman–Crippen MR) is 238 cm³/mol. The second-order valence-corrected chi connectivity index (χ2v) is 13.8. The van der Waals surface area contributed by atoms with Gasteiger partial charge in [0.2, 0.25) is 11.1 Å². The predicted octanol–water partition coefficient (Wildman–Crippen LogP) is 7.73. The molecule has 0 aliphatic heterocycles. The Morgan fingerprint density at radius 2 is 1.02 bits per heavy atom. The van der Waals surface area contributed by atoms with Gasteiger partial charge in [-0.15, -0.1) is 0 Å². The molecular weight excluding hydrogens is 786 g/mol. The van der Waals surface area contributed by atoms with Crippen LogP contribution in [0.25, 0.3) is 0 Å². The normalized spacial score (nSPS) is 10.9. The molecule has 328 valence electrons. The first kappa shape index (κ1) is 56.4. The van der Waals surface area contributed by atoms with E-state index in [-0.39, 0.29) is 68.4 Å². The number of aliphatic hydroxyl groups excluding tert-OH is 1. The van der Waals surface area contributed by atoms with Gasteiger partial charge in [-0.25, -0.2) is 0 Å². The fourth-order valence-electron chi connectivity index (χ4n) is 4.03. The highest BCUT2D eigenvalue weighted by atomic mass is 35.5. The van der Waals surface area contributed by atoms with E-state index >= 15 is 0 Å². The highest BCUT2D eigenvalue weighted by molar-refractivity contribution is 6.66. The summed E-state index contributed by atoms with van der Waals surface area (Å²) in [6, 6.07) is 36.5. The molecule has 12 nitrogen and oxygen atoms in total. The number of carboxylic acids is 1. The van der Waals surface area contributed by atoms with Gasteiger partial charge < -0.3 is 36.5 Å². The Morgan fingerprint density at radius 3 is 1.28 bits per heavy atom. The third kappa shape index (κ3) is 37.9. The molecular formula is C47H64ClN3O9. The first-order chi connectivity index (χ1) is 28.4. The molecule has 60 heavy (non-hydrogen) atoms. The highest BCUT2D eigenvalue weighted by Crippen LogP contribution is 2.04. The van der Waals surface area contributed by atoms with Crippen LogP contribution in [-0.2, 0) is 53.3 Å². The third-order valence-corrected chi connectivity index (χ3v) is 7.23. The van der Waals surface area contributed by atoms with Crippen LogP contribution in [0, 0.1) is 13.8 Å². The van der Waals surface area contributed by atoms with Crippen molar-refractivity contribution in [3.05, 3.63) is 156 Å². The Hall–Kier alpha value is -5.66. The molecule has 0 bridgehead atoms. The number of rotatable bonds is 14. The second kappa shape index (κ2) is 36.4. The maximum Gasteiger partial charge on any atom is 0.308 e. The number of nitrogens with two attached hydrogens (primary N) is 2. The topological polar surface area (TPSA) is 208 Å². The number of carboxylic acid groups (broad SMARTS) is 1. The minimum atomic E-state index is -0.838. The molecule has 7 N–H and O–H groups in total. The van der Waals surface area contributed by atoms with E-state index in [1.54, 1.807) is 27.7 Å². The van der Waals surface area contributed by atoms with Crippen LogP contribution in [0.4, 0.5) is 0 Å². The Labute approximate surface area is 360 Å². The Morgan fingerprint density at radius 1 is 0.667 bits per heavy atom. The Kier molecular flexibility index (Phi) is 34.3. The molecule has 0 spiro atoms. The number of nitrogens with one attached hydrogen (secondary N) is 1. The molecule has 0 aliphatic carbocycles. The van der Waals surface area contributed by atoms with Gasteiger partial charge in [-0.3, -0.25) is 24.0 Å². The number of carbonyl (C=O) groups excluding carboxylic acids is 4. The van der Waals surface area contributed by atoms with Crippen molar-refractivity contribution in [1.82, 2.24) is 5.32 Å². The van der Waals surface area contributed by atoms with Crippen molar-refractivity contribution in [2.24, 2.45) is 11.5 Å². The lowest BCUT2D eigenvalue weighted by Gasteiger charge is -2.12. The molecule has 3 atom stereocenters. The van der Waals surface area contributed by atoms with Crippen LogP contribution in [-0.4, -0.2) is 57.4 Å². The van der Waals surface area contributed by atoms with Crippen LogP contribution < -0.4 is 16.8 Å². The number of halogens is 1. The van der Waals surface area contributed by atoms with Crippen molar-refractivity contribution in [3.63, 3.8) is 0 Å². The van der Waals surface area contributed by atoms with E-state index in [4.69, 9.17) is 42.8 Å². The fraction of sp³-hybridized carbons (Fsp3) is 0.340. The number of benzene rings is 4. The number of aliphatic hydroxyl groups is 1. The number of allylic oxidation sites excluding steroid dienone is 1. The van der Waals surface area contributed by atoms with Gasteiger partial charge in [0, 0.05) is 24.5 Å². The average Bonchev–Trinajstić information content (AvgIpc) is 3.21. The lowest BCUT2D eigenvalue weighted by molar-refractivity contribution is -0.146. The van der Waals surface area contributed by atoms with Crippen molar-refractivity contribution >= 4 is 40.7 Å². The number of esters is 2. The zero-order valence-electron chi connectivity index (χ0n) is 35.7. The van der Waals surface area contributed by atoms with Crippen LogP contribution in [0.5, 0.6) is 0 Å². The van der Waals surface area contributed by atoms with E-state index < -0.39 is 11.2 Å². The molecule has 13 heteroatoms. The largest absolute Gasteiger partial charge is 0.481 e. The third-order valence-electron chi connectivity index (χ3n) is 7.08. The number of hydrogen-bond acceptors (Lipinski definition) is 10. The van der Waals surface area contributed by atoms with Crippen molar-refractivity contribution < 1.29 is 43.7 Å². The smallest absolute Gasteiger partial charge is 0.308 e. The molecule has 0 aliphatic rings. The maximum atomic E-state index is 11.5. The SMILES string of the molecule is C=CC(=O)Cl.CC(N)CC(=O)O.CC(N)CC(=O)OCc1ccccc1.CCC(=O)NC(C)CC(=O)OCc1ccccc1.Cc1ccc(C)cc1.OCc1ccccc1. The van der Waals surface area contributed by atoms with Crippen molar-refractivity contribution in [3.8, 4) is 0 Å². The average molecular weight is 850 g/mol. The number of aryl methyl sites for hydroxylation is 2. The van der Waals surface area contributed by atoms with Gasteiger partial charge in [0.1, 0.15) is 13.2 Å². The molecule has 0 heterocycles. The van der Waals surface area contributed by atoms with E-state index in [0.717, 1.165) is 22.8 Å². The summed E-state index contributed by atoms with van der Waals surface area (Å²) in [4.78, 5) is 53.0. The van der Waals surface area contributed by atoms with Gasteiger partial charge in [-0.2, -0.15) is 0 Å². The van der Waals surface area contributed by atoms with E-state index in [9.17, 15) is 24.0 Å². The van der Waals surface area contributed by atoms with Gasteiger partial charge in [-0.05, 0) is 69.0 Å². The van der Waals surface area contributed by atoms with Gasteiger partial charge >= 0.3 is 17.9 Å². The minimum Gasteiger partial charge on any atom is -0.481 e. The van der Waals surface area contributed by atoms with E-state index in [0.29, 0.717) is 13.0 Å². The Balaban J connectivity index is 0. The summed E-state index contributed by atoms with van der Waals surface area (Å²) in [6.45, 7) is 15.0. The number of amides is 1. The molecule has 4 rings (SSSR count). The molecule has 0 aromatic heterocycles. The second-order valence-electron chi connectivity index (χ2n) is 13.4. The van der Waals surface area contributed by atoms with Crippen molar-refractivity contribution in [2.45, 2.75) is 105 Å². The van der Waals surface area contributed by atoms with Crippen LogP contribution in [0.15, 0.2) is 128 Å². The summed E-state index contributed by atoms with van der Waals surface area (Å²) in [6.07, 6.45) is 1.98. The van der Waals surface area contributed by atoms with Crippen LogP contribution >= 0.6 is 11.6 Å². The standard InChI is InChI=1S/C14H19NO3.C11H15NO2.C8H10.C7H8O.C4H9NO2.C3H3ClO/c1-3-13(16)15-11(2)9-14(17)18-10-12-7-5-4-6-8-12;1-9(12)7-11(13)14-8-10-5-3-2-4-6-10;1-7-3-5-8(2)6-4-7;8-6-7-4-2-1-3-5-7;1-3(5)2-4(6)7;1-2-3(4)5/h4-8,11H,3,9-10H2,1-2H3,(H,15,16);2-6,9H,7-8,12H2,1H3;3-6H,1-2H3;1-5,8H,6H2;3H,2,5H2,1H3,(H,6,7);2H,1H2. The summed E-state index contributed by atoms with van der Waals surface area (Å²) in [5.41, 5.74) is 16.1. The number of aliphatic carboxylic acids is 1. The summed E-state index contributed by atoms with van der Waals surface area (Å²) >= 11 is 4.71. The molecule has 3 unspecified atom stereocenters. The van der Waals surface area contributed by atoms with Crippen molar-refractivity contribution in [1.29, 1.82) is 0 Å². The zero-order chi connectivity index (χ0) is 45.7. The summed E-state index contributed by atoms with van der Waals surface area (Å²) in [7, 11) is 0. The fourth-order valence-corrected chi connectivity index (χ4v) is 4.03. The van der Waals surface area contributed by atoms with Gasteiger partial charge in [0.15, 0.2) is 0 Å². The number of hydrogen-bond donors (Lipinski definition) is 5. The van der Waals surface area contributed by atoms with E-state index in [1.165, 1.54) is 11.1 Å². The first-order valence-electron chi connectivity index (χ1n) is 19.3. The van der Waals surface area contributed by atoms with E-state index in [2.05, 4.69) is 50.0 Å². The summed E-state index contributed by atoms with van der Waals surface area (Å²) in [5, 5.41) is 18.8. The monoisotopic (exact) mass is 849 g/mol. The van der Waals surface area contributed by atoms with Crippen LogP contribution in [0.2, 0.25) is 0 Å². The number of ether oxygens (including phenoxy) is 2. The minimum absolute atomic E-state index is 0.0556. The number of carbonyl (C=O) groups is 5. The molecule has 0 radical (unpaired) electrons. The quantitative estimate of drug-likeness (QED) is 0.0471. The summed E-state index contributed by atoms with van der Waals surface area (Å²) in [5.74, 6) is -1.44. The van der Waals surface area contributed by atoms with Gasteiger partial charge in [0.25, 0.3) is 0 Å². The highest BCUT2D eigenvalue weighted by Gasteiger charge is 2.12. The molecule has 1 amide bonds. The summed E-state index contributed by atoms with van der Waals surface area (Å²) < 4.78 is 10.1. The van der Waals surface area contributed by atoms with E-state index in [1.807, 2.05) is 91.0 Å². The molecule has 4 aromatic carbocycles. The van der Waals surface area contributed by atoms with Crippen molar-refractivity contribution in [2.75, 3.05) is 0 Å². The molecule has 0 saturated carbocycles. The molecule has 0 fully saturated rings. The van der Waals surface area contributed by atoms with Gasteiger partial charge in [0.05, 0.1) is 25.9 Å². The maximum absolute atomic E-state index is 11.5. The zero-order valence-corrected chi connectivity index (χ0v) is 36.5. The van der Waals surface area contributed by atoms with Crippen LogP contribution in [0.1, 0.15) is 81.2 Å². The molecule has 0 saturated heterocycles. The Bertz CT molecular complexity index is 1720. The van der Waals surface area contributed by atoms with Gasteiger partial charge in [-0.1, -0.05) is 140 Å². The first-order valence-corrected chi connectivity index (χ1v) is 19.7. The van der Waals surface area contributed by atoms with Crippen LogP contribution in [0.3, 0.4) is 0 Å². The lowest BCUT2D eigenvalue weighted by atomic mass is 10.2. The molecule has 4 aromatic rings. The lowest BCUT2D eigenvalue weighted by Crippen LogP contribution is -2.34.